The summed E-state index contributed by atoms with van der Waals surface area (Å²) in [6.45, 7) is 3.58. The molecule has 2 aromatic carbocycles. The van der Waals surface area contributed by atoms with Crippen LogP contribution < -0.4 is 5.32 Å². The van der Waals surface area contributed by atoms with Crippen LogP contribution in [0.5, 0.6) is 0 Å². The molecule has 1 atom stereocenters. The Morgan fingerprint density at radius 1 is 1.17 bits per heavy atom. The molecule has 0 saturated carbocycles. The molecule has 4 heteroatoms. The predicted molar refractivity (Wildman–Crippen MR) is 91.3 cm³/mol. The van der Waals surface area contributed by atoms with Gasteiger partial charge in [-0.2, -0.15) is 0 Å². The Labute approximate surface area is 135 Å². The summed E-state index contributed by atoms with van der Waals surface area (Å²) in [5, 5.41) is 14.1. The molecule has 0 aliphatic carbocycles. The zero-order valence-electron chi connectivity index (χ0n) is 13.0. The summed E-state index contributed by atoms with van der Waals surface area (Å²) in [7, 11) is 0. The van der Waals surface area contributed by atoms with Crippen LogP contribution in [0.15, 0.2) is 55.1 Å². The molecule has 2 rings (SSSR count). The van der Waals surface area contributed by atoms with Gasteiger partial charge in [-0.3, -0.25) is 9.59 Å². The summed E-state index contributed by atoms with van der Waals surface area (Å²) in [6.07, 6.45) is 3.00. The Morgan fingerprint density at radius 2 is 1.91 bits per heavy atom. The predicted octanol–water partition coefficient (Wildman–Crippen LogP) is 3.31. The van der Waals surface area contributed by atoms with E-state index in [1.165, 1.54) is 0 Å². The summed E-state index contributed by atoms with van der Waals surface area (Å²) in [6, 6.07) is 13.6. The number of carboxylic acid groups (broad SMARTS) is 1. The molecular formula is C19H21NO3. The van der Waals surface area contributed by atoms with Crippen molar-refractivity contribution in [3.8, 4) is 0 Å². The molecule has 0 fully saturated rings. The molecule has 0 unspecified atom stereocenters. The summed E-state index contributed by atoms with van der Waals surface area (Å²) in [4.78, 5) is 22.9. The molecule has 0 aliphatic rings. The second kappa shape index (κ2) is 8.13. The molecule has 4 nitrogen and oxygen atoms in total. The van der Waals surface area contributed by atoms with Gasteiger partial charge >= 0.3 is 5.97 Å². The first-order chi connectivity index (χ1) is 11.1. The van der Waals surface area contributed by atoms with Crippen molar-refractivity contribution in [2.24, 2.45) is 0 Å². The van der Waals surface area contributed by atoms with Crippen molar-refractivity contribution in [2.45, 2.75) is 31.7 Å². The number of carbonyl (C=O) groups is 2. The molecule has 1 amide bonds. The second-order valence-corrected chi connectivity index (χ2v) is 5.58. The van der Waals surface area contributed by atoms with E-state index in [9.17, 15) is 9.59 Å². The second-order valence-electron chi connectivity index (χ2n) is 5.58. The highest BCUT2D eigenvalue weighted by Gasteiger charge is 2.16. The van der Waals surface area contributed by atoms with E-state index in [2.05, 4.69) is 11.9 Å². The van der Waals surface area contributed by atoms with Gasteiger partial charge in [0.25, 0.3) is 0 Å². The normalized spacial score (nSPS) is 11.8. The standard InChI is InChI=1S/C19H21NO3/c1-2-3-8-18(21)20-17(13-19(22)23)12-14-9-10-15-6-4-5-7-16(15)11-14/h2,4-7,9-11,17H,1,3,8,12-13H2,(H,20,21)(H,22,23)/t17-/m1/s1. The number of hydrogen-bond acceptors (Lipinski definition) is 2. The van der Waals surface area contributed by atoms with Crippen LogP contribution in [0.4, 0.5) is 0 Å². The van der Waals surface area contributed by atoms with E-state index in [1.807, 2.05) is 42.5 Å². The highest BCUT2D eigenvalue weighted by Crippen LogP contribution is 2.17. The number of nitrogens with one attached hydrogen (secondary N) is 1. The summed E-state index contributed by atoms with van der Waals surface area (Å²) in [5.74, 6) is -1.06. The number of carboxylic acids is 1. The first-order valence-electron chi connectivity index (χ1n) is 7.68. The fourth-order valence-corrected chi connectivity index (χ4v) is 2.57. The number of carbonyl (C=O) groups excluding carboxylic acids is 1. The number of rotatable bonds is 8. The molecule has 0 bridgehead atoms. The Morgan fingerprint density at radius 3 is 2.61 bits per heavy atom. The van der Waals surface area contributed by atoms with Crippen molar-refractivity contribution < 1.29 is 14.7 Å². The smallest absolute Gasteiger partial charge is 0.305 e. The number of amides is 1. The Hall–Kier alpha value is -2.62. The Balaban J connectivity index is 2.09. The van der Waals surface area contributed by atoms with Gasteiger partial charge in [-0.05, 0) is 29.2 Å². The van der Waals surface area contributed by atoms with E-state index >= 15 is 0 Å². The Bertz CT molecular complexity index is 709. The molecule has 0 spiro atoms. The van der Waals surface area contributed by atoms with E-state index in [-0.39, 0.29) is 12.3 Å². The van der Waals surface area contributed by atoms with Crippen molar-refractivity contribution in [2.75, 3.05) is 0 Å². The van der Waals surface area contributed by atoms with Gasteiger partial charge in [-0.25, -0.2) is 0 Å². The van der Waals surface area contributed by atoms with Gasteiger partial charge in [0.2, 0.25) is 5.91 Å². The van der Waals surface area contributed by atoms with E-state index in [1.54, 1.807) is 6.08 Å². The fraction of sp³-hybridized carbons (Fsp3) is 0.263. The minimum Gasteiger partial charge on any atom is -0.481 e. The molecule has 0 aromatic heterocycles. The van der Waals surface area contributed by atoms with E-state index in [4.69, 9.17) is 5.11 Å². The summed E-state index contributed by atoms with van der Waals surface area (Å²) in [5.41, 5.74) is 1.01. The third kappa shape index (κ3) is 5.25. The Kier molecular flexibility index (Phi) is 5.92. The highest BCUT2D eigenvalue weighted by atomic mass is 16.4. The number of hydrogen-bond donors (Lipinski definition) is 2. The van der Waals surface area contributed by atoms with Gasteiger partial charge < -0.3 is 10.4 Å². The first kappa shape index (κ1) is 16.7. The van der Waals surface area contributed by atoms with Gasteiger partial charge in [0, 0.05) is 12.5 Å². The van der Waals surface area contributed by atoms with Crippen molar-refractivity contribution in [3.05, 3.63) is 60.7 Å². The minimum atomic E-state index is -0.917. The topological polar surface area (TPSA) is 66.4 Å². The molecule has 0 aliphatic heterocycles. The van der Waals surface area contributed by atoms with Crippen molar-refractivity contribution >= 4 is 22.6 Å². The monoisotopic (exact) mass is 311 g/mol. The lowest BCUT2D eigenvalue weighted by Crippen LogP contribution is -2.37. The minimum absolute atomic E-state index is 0.0906. The summed E-state index contributed by atoms with van der Waals surface area (Å²) < 4.78 is 0. The SMILES string of the molecule is C=CCCC(=O)N[C@@H](CC(=O)O)Cc1ccc2ccccc2c1. The van der Waals surface area contributed by atoms with Crippen LogP contribution in [-0.2, 0) is 16.0 Å². The number of aliphatic carboxylic acids is 1. The molecular weight excluding hydrogens is 290 g/mol. The zero-order chi connectivity index (χ0) is 16.7. The molecule has 120 valence electrons. The molecule has 2 N–H and O–H groups in total. The number of allylic oxidation sites excluding steroid dienone is 1. The third-order valence-corrected chi connectivity index (χ3v) is 3.66. The maximum absolute atomic E-state index is 11.8. The third-order valence-electron chi connectivity index (χ3n) is 3.66. The lowest BCUT2D eigenvalue weighted by Gasteiger charge is -2.17. The van der Waals surface area contributed by atoms with E-state index in [0.717, 1.165) is 16.3 Å². The van der Waals surface area contributed by atoms with Crippen LogP contribution in [0.1, 0.15) is 24.8 Å². The average molecular weight is 311 g/mol. The summed E-state index contributed by atoms with van der Waals surface area (Å²) >= 11 is 0. The molecule has 0 heterocycles. The van der Waals surface area contributed by atoms with Crippen LogP contribution in [0, 0.1) is 0 Å². The number of fused-ring (bicyclic) bond motifs is 1. The maximum Gasteiger partial charge on any atom is 0.305 e. The van der Waals surface area contributed by atoms with Gasteiger partial charge in [-0.1, -0.05) is 48.5 Å². The zero-order valence-corrected chi connectivity index (χ0v) is 13.0. The largest absolute Gasteiger partial charge is 0.481 e. The van der Waals surface area contributed by atoms with Gasteiger partial charge in [-0.15, -0.1) is 6.58 Å². The molecule has 23 heavy (non-hydrogen) atoms. The van der Waals surface area contributed by atoms with Crippen molar-refractivity contribution in [1.29, 1.82) is 0 Å². The van der Waals surface area contributed by atoms with Gasteiger partial charge in [0.15, 0.2) is 0 Å². The lowest BCUT2D eigenvalue weighted by molar-refractivity contribution is -0.137. The molecule has 0 radical (unpaired) electrons. The van der Waals surface area contributed by atoms with Crippen LogP contribution in [0.25, 0.3) is 10.8 Å². The lowest BCUT2D eigenvalue weighted by atomic mass is 10.00. The van der Waals surface area contributed by atoms with Crippen molar-refractivity contribution in [3.63, 3.8) is 0 Å². The van der Waals surface area contributed by atoms with Crippen molar-refractivity contribution in [1.82, 2.24) is 5.32 Å². The number of benzene rings is 2. The fourth-order valence-electron chi connectivity index (χ4n) is 2.57. The maximum atomic E-state index is 11.8. The average Bonchev–Trinajstić information content (AvgIpc) is 2.52. The first-order valence-corrected chi connectivity index (χ1v) is 7.68. The van der Waals surface area contributed by atoms with Crippen LogP contribution in [0.2, 0.25) is 0 Å². The molecule has 2 aromatic rings. The van der Waals surface area contributed by atoms with Gasteiger partial charge in [0.05, 0.1) is 6.42 Å². The van der Waals surface area contributed by atoms with E-state index in [0.29, 0.717) is 19.3 Å². The molecule has 0 saturated heterocycles. The van der Waals surface area contributed by atoms with Gasteiger partial charge in [0.1, 0.15) is 0 Å². The van der Waals surface area contributed by atoms with Crippen LogP contribution >= 0.6 is 0 Å². The quantitative estimate of drug-likeness (QED) is 0.735. The highest BCUT2D eigenvalue weighted by molar-refractivity contribution is 5.83. The van der Waals surface area contributed by atoms with Crippen LogP contribution in [-0.4, -0.2) is 23.0 Å². The van der Waals surface area contributed by atoms with Crippen LogP contribution in [0.3, 0.4) is 0 Å². The van der Waals surface area contributed by atoms with E-state index < -0.39 is 12.0 Å².